The summed E-state index contributed by atoms with van der Waals surface area (Å²) in [6.07, 6.45) is 0.782. The van der Waals surface area contributed by atoms with E-state index in [1.54, 1.807) is 48.5 Å². The van der Waals surface area contributed by atoms with Gasteiger partial charge in [0, 0.05) is 30.6 Å². The Morgan fingerprint density at radius 3 is 2.22 bits per heavy atom. The number of halogens is 1. The Morgan fingerprint density at radius 1 is 1.06 bits per heavy atom. The van der Waals surface area contributed by atoms with Gasteiger partial charge in [-0.25, -0.2) is 8.42 Å². The molecule has 0 bridgehead atoms. The normalized spacial score (nSPS) is 15.3. The second-order valence-electron chi connectivity index (χ2n) is 7.89. The van der Waals surface area contributed by atoms with Gasteiger partial charge in [0.05, 0.1) is 12.0 Å². The molecule has 0 unspecified atom stereocenters. The van der Waals surface area contributed by atoms with Crippen molar-refractivity contribution in [2.45, 2.75) is 31.2 Å². The minimum Gasteiger partial charge on any atom is -0.468 e. The Morgan fingerprint density at radius 2 is 1.66 bits per heavy atom. The summed E-state index contributed by atoms with van der Waals surface area (Å²) in [6, 6.07) is 13.8. The molecule has 1 aliphatic rings. The maximum atomic E-state index is 13.2. The number of amides is 1. The number of ether oxygens (including phenoxy) is 1. The molecular formula is C23H27ClN2O5S. The van der Waals surface area contributed by atoms with Gasteiger partial charge in [0.25, 0.3) is 0 Å². The molecule has 1 fully saturated rings. The summed E-state index contributed by atoms with van der Waals surface area (Å²) in [5.41, 5.74) is 1.82. The van der Waals surface area contributed by atoms with Crippen LogP contribution in [-0.4, -0.2) is 56.2 Å². The van der Waals surface area contributed by atoms with E-state index in [0.717, 1.165) is 11.1 Å². The van der Waals surface area contributed by atoms with Crippen molar-refractivity contribution in [1.82, 2.24) is 9.21 Å². The number of sulfonamides is 1. The molecule has 172 valence electrons. The topological polar surface area (TPSA) is 84.0 Å². The van der Waals surface area contributed by atoms with Gasteiger partial charge in [-0.15, -0.1) is 0 Å². The maximum absolute atomic E-state index is 13.2. The number of aryl methyl sites for hydroxylation is 1. The lowest BCUT2D eigenvalue weighted by atomic mass is 9.96. The van der Waals surface area contributed by atoms with E-state index in [0.29, 0.717) is 17.9 Å². The van der Waals surface area contributed by atoms with Crippen molar-refractivity contribution in [3.8, 4) is 0 Å². The highest BCUT2D eigenvalue weighted by Crippen LogP contribution is 2.26. The number of carbonyl (C=O) groups excluding carboxylic acids is 2. The van der Waals surface area contributed by atoms with Gasteiger partial charge >= 0.3 is 5.97 Å². The quantitative estimate of drug-likeness (QED) is 0.570. The van der Waals surface area contributed by atoms with E-state index in [2.05, 4.69) is 0 Å². The van der Waals surface area contributed by atoms with Crippen molar-refractivity contribution >= 4 is 33.5 Å². The van der Waals surface area contributed by atoms with Crippen molar-refractivity contribution in [3.63, 3.8) is 0 Å². The lowest BCUT2D eigenvalue weighted by Crippen LogP contribution is -2.45. The molecule has 2 aromatic rings. The zero-order valence-electron chi connectivity index (χ0n) is 18.2. The number of hydrogen-bond donors (Lipinski definition) is 0. The Kier molecular flexibility index (Phi) is 7.92. The molecule has 0 atom stereocenters. The van der Waals surface area contributed by atoms with E-state index in [9.17, 15) is 18.0 Å². The first-order valence-electron chi connectivity index (χ1n) is 10.4. The van der Waals surface area contributed by atoms with Crippen LogP contribution in [0.15, 0.2) is 53.4 Å². The Labute approximate surface area is 194 Å². The van der Waals surface area contributed by atoms with E-state index in [4.69, 9.17) is 16.3 Å². The fraction of sp³-hybridized carbons (Fsp3) is 0.391. The van der Waals surface area contributed by atoms with Crippen LogP contribution < -0.4 is 0 Å². The number of piperidine rings is 1. The van der Waals surface area contributed by atoms with Crippen LogP contribution in [0.4, 0.5) is 0 Å². The summed E-state index contributed by atoms with van der Waals surface area (Å²) in [4.78, 5) is 26.8. The fourth-order valence-electron chi connectivity index (χ4n) is 3.70. The van der Waals surface area contributed by atoms with Crippen LogP contribution in [0.25, 0.3) is 0 Å². The maximum Gasteiger partial charge on any atom is 0.325 e. The Balaban J connectivity index is 1.68. The third kappa shape index (κ3) is 5.88. The summed E-state index contributed by atoms with van der Waals surface area (Å²) in [5.74, 6) is -1.05. The molecule has 1 aliphatic heterocycles. The first kappa shape index (κ1) is 24.2. The molecule has 0 N–H and O–H groups in total. The van der Waals surface area contributed by atoms with Crippen LogP contribution in [0, 0.1) is 12.8 Å². The summed E-state index contributed by atoms with van der Waals surface area (Å²) in [5, 5.41) is 0.585. The molecule has 1 saturated heterocycles. The first-order chi connectivity index (χ1) is 15.2. The Hall–Kier alpha value is -2.42. The van der Waals surface area contributed by atoms with E-state index < -0.39 is 16.0 Å². The smallest absolute Gasteiger partial charge is 0.325 e. The molecule has 7 nitrogen and oxygen atoms in total. The van der Waals surface area contributed by atoms with Crippen LogP contribution in [0.2, 0.25) is 5.02 Å². The second-order valence-corrected chi connectivity index (χ2v) is 10.3. The van der Waals surface area contributed by atoms with Gasteiger partial charge in [0.2, 0.25) is 15.9 Å². The predicted octanol–water partition coefficient (Wildman–Crippen LogP) is 3.25. The molecule has 0 aromatic heterocycles. The molecule has 0 spiro atoms. The number of nitrogens with zero attached hydrogens (tertiary/aromatic N) is 2. The predicted molar refractivity (Wildman–Crippen MR) is 122 cm³/mol. The fourth-order valence-corrected chi connectivity index (χ4v) is 5.30. The number of hydrogen-bond acceptors (Lipinski definition) is 5. The molecule has 32 heavy (non-hydrogen) atoms. The minimum atomic E-state index is -3.60. The number of methoxy groups -OCH3 is 1. The number of carbonyl (C=O) groups is 2. The van der Waals surface area contributed by atoms with Gasteiger partial charge in [0.15, 0.2) is 0 Å². The van der Waals surface area contributed by atoms with Crippen LogP contribution in [0.5, 0.6) is 0 Å². The van der Waals surface area contributed by atoms with Gasteiger partial charge in [-0.05, 0) is 49.6 Å². The Bertz CT molecular complexity index is 1050. The van der Waals surface area contributed by atoms with Crippen LogP contribution in [0.1, 0.15) is 24.0 Å². The van der Waals surface area contributed by atoms with Crippen LogP contribution in [-0.2, 0) is 30.9 Å². The van der Waals surface area contributed by atoms with Crippen LogP contribution >= 0.6 is 11.6 Å². The molecule has 1 heterocycles. The zero-order valence-corrected chi connectivity index (χ0v) is 19.7. The monoisotopic (exact) mass is 478 g/mol. The molecule has 2 aromatic carbocycles. The van der Waals surface area contributed by atoms with E-state index in [1.165, 1.54) is 16.3 Å². The average molecular weight is 479 g/mol. The van der Waals surface area contributed by atoms with E-state index in [1.807, 2.05) is 6.92 Å². The van der Waals surface area contributed by atoms with Crippen molar-refractivity contribution in [2.75, 3.05) is 26.7 Å². The highest BCUT2D eigenvalue weighted by atomic mass is 35.5. The molecule has 3 rings (SSSR count). The minimum absolute atomic E-state index is 0.167. The molecule has 0 saturated carbocycles. The van der Waals surface area contributed by atoms with Gasteiger partial charge in [-0.2, -0.15) is 4.31 Å². The summed E-state index contributed by atoms with van der Waals surface area (Å²) in [6.45, 7) is 2.48. The van der Waals surface area contributed by atoms with Crippen LogP contribution in [0.3, 0.4) is 0 Å². The van der Waals surface area contributed by atoms with Gasteiger partial charge in [-0.3, -0.25) is 9.59 Å². The summed E-state index contributed by atoms with van der Waals surface area (Å²) in [7, 11) is -2.32. The summed E-state index contributed by atoms with van der Waals surface area (Å²) < 4.78 is 32.0. The SMILES string of the molecule is COC(=O)CN(Cc1ccc(Cl)cc1)C(=O)C1CCN(S(=O)(=O)c2ccc(C)cc2)CC1. The third-order valence-electron chi connectivity index (χ3n) is 5.61. The molecule has 9 heteroatoms. The van der Waals surface area contributed by atoms with Crippen molar-refractivity contribution in [3.05, 3.63) is 64.7 Å². The largest absolute Gasteiger partial charge is 0.468 e. The molecule has 0 radical (unpaired) electrons. The van der Waals surface area contributed by atoms with Crippen molar-refractivity contribution < 1.29 is 22.7 Å². The van der Waals surface area contributed by atoms with Gasteiger partial charge in [0.1, 0.15) is 6.54 Å². The zero-order chi connectivity index (χ0) is 23.3. The summed E-state index contributed by atoms with van der Waals surface area (Å²) >= 11 is 5.93. The second kappa shape index (κ2) is 10.5. The number of rotatable bonds is 7. The number of esters is 1. The van der Waals surface area contributed by atoms with Crippen molar-refractivity contribution in [1.29, 1.82) is 0 Å². The average Bonchev–Trinajstić information content (AvgIpc) is 2.80. The van der Waals surface area contributed by atoms with Gasteiger partial charge in [-0.1, -0.05) is 41.4 Å². The third-order valence-corrected chi connectivity index (χ3v) is 7.77. The standard InChI is InChI=1S/C23H27ClN2O5S/c1-17-3-9-21(10-4-17)32(29,30)26-13-11-19(12-14-26)23(28)25(16-22(27)31-2)15-18-5-7-20(24)8-6-18/h3-10,19H,11-16H2,1-2H3. The molecule has 1 amide bonds. The molecular weight excluding hydrogens is 452 g/mol. The lowest BCUT2D eigenvalue weighted by Gasteiger charge is -2.33. The van der Waals surface area contributed by atoms with E-state index >= 15 is 0 Å². The van der Waals surface area contributed by atoms with Crippen molar-refractivity contribution in [2.24, 2.45) is 5.92 Å². The lowest BCUT2D eigenvalue weighted by molar-refractivity contribution is -0.149. The first-order valence-corrected chi connectivity index (χ1v) is 12.2. The number of benzene rings is 2. The molecule has 0 aliphatic carbocycles. The highest BCUT2D eigenvalue weighted by Gasteiger charge is 2.34. The van der Waals surface area contributed by atoms with Gasteiger partial charge < -0.3 is 9.64 Å². The highest BCUT2D eigenvalue weighted by molar-refractivity contribution is 7.89. The van der Waals surface area contributed by atoms with E-state index in [-0.39, 0.29) is 42.9 Å².